The second-order valence-corrected chi connectivity index (χ2v) is 3.46. The molecule has 0 aliphatic rings. The molecule has 0 atom stereocenters. The summed E-state index contributed by atoms with van der Waals surface area (Å²) in [5, 5.41) is 0. The quantitative estimate of drug-likeness (QED) is 0.653. The summed E-state index contributed by atoms with van der Waals surface area (Å²) in [6.07, 6.45) is 0. The van der Waals surface area contributed by atoms with Crippen LogP contribution in [0.25, 0.3) is 0 Å². The Bertz CT molecular complexity index is 378. The summed E-state index contributed by atoms with van der Waals surface area (Å²) in [6.45, 7) is 0. The molecule has 1 rings (SSSR count). The number of rotatable bonds is 5. The van der Waals surface area contributed by atoms with Crippen LogP contribution >= 0.6 is 12.6 Å². The number of hydrogen-bond acceptors (Lipinski definition) is 6. The maximum atomic E-state index is 5.25. The molecule has 1 aromatic rings. The van der Waals surface area contributed by atoms with E-state index in [0.29, 0.717) is 33.6 Å². The van der Waals surface area contributed by atoms with Crippen LogP contribution in [0.4, 0.5) is 0 Å². The Morgan fingerprint density at radius 2 is 0.778 bits per heavy atom. The van der Waals surface area contributed by atoms with Gasteiger partial charge in [-0.2, -0.15) is 0 Å². The molecule has 98 valence electrons. The van der Waals surface area contributed by atoms with Crippen molar-refractivity contribution in [3.05, 3.63) is 0 Å². The second kappa shape index (κ2) is 7.89. The van der Waals surface area contributed by atoms with Crippen LogP contribution in [-0.4, -0.2) is 65.1 Å². The molecule has 5 nitrogen and oxygen atoms in total. The molecule has 0 heterocycles. The van der Waals surface area contributed by atoms with E-state index in [2.05, 4.69) is 12.6 Å². The second-order valence-electron chi connectivity index (χ2n) is 3.01. The fraction of sp³-hybridized carbons (Fsp3) is 0.455. The van der Waals surface area contributed by atoms with Crippen LogP contribution in [0, 0.1) is 0 Å². The van der Waals surface area contributed by atoms with Gasteiger partial charge < -0.3 is 23.7 Å². The van der Waals surface area contributed by atoms with Crippen LogP contribution in [0.1, 0.15) is 0 Å². The van der Waals surface area contributed by atoms with Crippen molar-refractivity contribution in [2.24, 2.45) is 0 Å². The molecular weight excluding hydrogens is 267 g/mol. The predicted molar refractivity (Wildman–Crippen MR) is 73.6 cm³/mol. The zero-order valence-electron chi connectivity index (χ0n) is 10.5. The summed E-state index contributed by atoms with van der Waals surface area (Å²) in [5.74, 6) is 2.10. The van der Waals surface area contributed by atoms with Gasteiger partial charge in [0.15, 0.2) is 11.5 Å². The van der Waals surface area contributed by atoms with E-state index in [1.54, 1.807) is 0 Å². The van der Waals surface area contributed by atoms with Crippen molar-refractivity contribution >= 4 is 42.2 Å². The number of ether oxygens (including phenoxy) is 5. The fourth-order valence-electron chi connectivity index (χ4n) is 1.56. The van der Waals surface area contributed by atoms with Crippen molar-refractivity contribution in [1.82, 2.24) is 0 Å². The van der Waals surface area contributed by atoms with Gasteiger partial charge in [-0.3, -0.25) is 0 Å². The molecule has 0 spiro atoms. The van der Waals surface area contributed by atoms with Gasteiger partial charge in [-0.15, -0.1) is 12.6 Å². The van der Waals surface area contributed by atoms with Gasteiger partial charge in [-0.25, -0.2) is 0 Å². The van der Waals surface area contributed by atoms with Gasteiger partial charge in [0.1, 0.15) is 0 Å². The van der Waals surface area contributed by atoms with Crippen LogP contribution in [-0.2, 0) is 0 Å². The van der Waals surface area contributed by atoms with E-state index in [1.165, 1.54) is 35.5 Å². The zero-order chi connectivity index (χ0) is 13.0. The van der Waals surface area contributed by atoms with Crippen molar-refractivity contribution < 1.29 is 23.7 Å². The molecule has 0 N–H and O–H groups in total. The molecule has 0 saturated carbocycles. The van der Waals surface area contributed by atoms with E-state index in [0.717, 1.165) is 0 Å². The summed E-state index contributed by atoms with van der Waals surface area (Å²) >= 11 is 4.34. The molecule has 0 radical (unpaired) electrons. The molecular formula is C11H17NaO5S. The third-order valence-corrected chi connectivity index (χ3v) is 2.68. The van der Waals surface area contributed by atoms with Gasteiger partial charge in [-0.05, 0) is 0 Å². The summed E-state index contributed by atoms with van der Waals surface area (Å²) < 4.78 is 26.2. The van der Waals surface area contributed by atoms with E-state index < -0.39 is 0 Å². The summed E-state index contributed by atoms with van der Waals surface area (Å²) in [4.78, 5) is 0.490. The minimum absolute atomic E-state index is 0. The first-order valence-corrected chi connectivity index (χ1v) is 5.23. The molecule has 7 heteroatoms. The molecule has 0 fully saturated rings. The molecule has 0 aliphatic heterocycles. The van der Waals surface area contributed by atoms with Crippen LogP contribution in [0.15, 0.2) is 4.90 Å². The standard InChI is InChI=1S/C11H16O5S.Na.H/c1-12-6-7(13-2)9(15-4)11(17)10(16-5)8(6)14-3;;/h17H,1-5H3;;. The van der Waals surface area contributed by atoms with Crippen LogP contribution < -0.4 is 23.7 Å². The summed E-state index contributed by atoms with van der Waals surface area (Å²) in [5.41, 5.74) is 0. The van der Waals surface area contributed by atoms with Crippen LogP contribution in [0.3, 0.4) is 0 Å². The zero-order valence-corrected chi connectivity index (χ0v) is 11.4. The molecule has 0 aliphatic carbocycles. The first-order chi connectivity index (χ1) is 8.15. The van der Waals surface area contributed by atoms with E-state index in [-0.39, 0.29) is 29.6 Å². The molecule has 0 bridgehead atoms. The van der Waals surface area contributed by atoms with Crippen LogP contribution in [0.2, 0.25) is 0 Å². The maximum absolute atomic E-state index is 5.25. The number of thiol groups is 1. The van der Waals surface area contributed by atoms with Crippen molar-refractivity contribution in [3.8, 4) is 28.7 Å². The minimum atomic E-state index is 0. The first-order valence-electron chi connectivity index (χ1n) is 4.79. The SMILES string of the molecule is COc1c(S)c(OC)c(OC)c(OC)c1OC.[NaH]. The van der Waals surface area contributed by atoms with Gasteiger partial charge in [0, 0.05) is 0 Å². The third kappa shape index (κ3) is 2.93. The van der Waals surface area contributed by atoms with E-state index in [1.807, 2.05) is 0 Å². The van der Waals surface area contributed by atoms with E-state index in [9.17, 15) is 0 Å². The third-order valence-electron chi connectivity index (χ3n) is 2.28. The molecule has 0 aromatic heterocycles. The van der Waals surface area contributed by atoms with Crippen molar-refractivity contribution in [1.29, 1.82) is 0 Å². The molecule has 0 unspecified atom stereocenters. The van der Waals surface area contributed by atoms with Gasteiger partial charge in [0.05, 0.1) is 40.4 Å². The summed E-state index contributed by atoms with van der Waals surface area (Å²) in [6, 6.07) is 0. The Hall–Kier alpha value is -0.430. The monoisotopic (exact) mass is 284 g/mol. The molecule has 0 amide bonds. The Labute approximate surface area is 134 Å². The van der Waals surface area contributed by atoms with Crippen molar-refractivity contribution in [2.45, 2.75) is 4.90 Å². The normalized spacial score (nSPS) is 9.22. The average Bonchev–Trinajstić information content (AvgIpc) is 2.36. The first kappa shape index (κ1) is 17.6. The van der Waals surface area contributed by atoms with E-state index in [4.69, 9.17) is 23.7 Å². The van der Waals surface area contributed by atoms with Gasteiger partial charge >= 0.3 is 29.6 Å². The Morgan fingerprint density at radius 3 is 1.00 bits per heavy atom. The van der Waals surface area contributed by atoms with Gasteiger partial charge in [0.2, 0.25) is 17.2 Å². The van der Waals surface area contributed by atoms with E-state index >= 15 is 0 Å². The predicted octanol–water partition coefficient (Wildman–Crippen LogP) is 1.37. The molecule has 1 aromatic carbocycles. The summed E-state index contributed by atoms with van der Waals surface area (Å²) in [7, 11) is 7.57. The Morgan fingerprint density at radius 1 is 0.556 bits per heavy atom. The molecule has 18 heavy (non-hydrogen) atoms. The van der Waals surface area contributed by atoms with Gasteiger partial charge in [0.25, 0.3) is 0 Å². The number of hydrogen-bond donors (Lipinski definition) is 1. The topological polar surface area (TPSA) is 46.2 Å². The van der Waals surface area contributed by atoms with Crippen molar-refractivity contribution in [3.63, 3.8) is 0 Å². The number of benzene rings is 1. The Balaban J connectivity index is 0.00000289. The molecule has 0 saturated heterocycles. The van der Waals surface area contributed by atoms with Crippen molar-refractivity contribution in [2.75, 3.05) is 35.5 Å². The fourth-order valence-corrected chi connectivity index (χ4v) is 1.95. The van der Waals surface area contributed by atoms with Crippen LogP contribution in [0.5, 0.6) is 28.7 Å². The Kier molecular flexibility index (Phi) is 7.70. The van der Waals surface area contributed by atoms with Gasteiger partial charge in [-0.1, -0.05) is 0 Å². The average molecular weight is 284 g/mol. The number of methoxy groups -OCH3 is 5.